The van der Waals surface area contributed by atoms with Crippen molar-refractivity contribution in [1.29, 1.82) is 0 Å². The quantitative estimate of drug-likeness (QED) is 0.222. The van der Waals surface area contributed by atoms with Gasteiger partial charge in [0, 0.05) is 6.42 Å². The van der Waals surface area contributed by atoms with Crippen LogP contribution in [0.3, 0.4) is 0 Å². The second-order valence-corrected chi connectivity index (χ2v) is 8.90. The molecule has 1 saturated heterocycles. The highest BCUT2D eigenvalue weighted by molar-refractivity contribution is 5.94. The third kappa shape index (κ3) is 9.21. The lowest BCUT2D eigenvalue weighted by Gasteiger charge is -2.27. The number of nitrogens with one attached hydrogen (secondary N) is 4. The van der Waals surface area contributed by atoms with Crippen molar-refractivity contribution in [3.63, 3.8) is 0 Å². The maximum Gasteiger partial charge on any atom is 0.326 e. The molecule has 3 amide bonds. The molecule has 0 aromatic heterocycles. The van der Waals surface area contributed by atoms with E-state index in [1.54, 1.807) is 13.8 Å². The van der Waals surface area contributed by atoms with E-state index in [0.29, 0.717) is 12.8 Å². The summed E-state index contributed by atoms with van der Waals surface area (Å²) < 4.78 is 0. The van der Waals surface area contributed by atoms with Gasteiger partial charge in [0.05, 0.1) is 6.04 Å². The van der Waals surface area contributed by atoms with Gasteiger partial charge in [-0.2, -0.15) is 0 Å². The molecule has 182 valence electrons. The van der Waals surface area contributed by atoms with Crippen LogP contribution in [-0.2, 0) is 24.0 Å². The van der Waals surface area contributed by atoms with Crippen LogP contribution in [0.4, 0.5) is 0 Å². The van der Waals surface area contributed by atoms with Crippen molar-refractivity contribution in [1.82, 2.24) is 21.3 Å². The first-order chi connectivity index (χ1) is 14.9. The fourth-order valence-electron chi connectivity index (χ4n) is 3.46. The van der Waals surface area contributed by atoms with Gasteiger partial charge in [-0.3, -0.25) is 19.2 Å². The van der Waals surface area contributed by atoms with E-state index in [0.717, 1.165) is 13.0 Å². The van der Waals surface area contributed by atoms with Crippen LogP contribution in [0, 0.1) is 11.8 Å². The molecule has 1 aliphatic heterocycles. The lowest BCUT2D eigenvalue weighted by molar-refractivity contribution is -0.143. The molecule has 32 heavy (non-hydrogen) atoms. The minimum absolute atomic E-state index is 0.0984. The fraction of sp³-hybridized carbons (Fsp3) is 0.762. The molecule has 11 heteroatoms. The fourth-order valence-corrected chi connectivity index (χ4v) is 3.46. The van der Waals surface area contributed by atoms with Gasteiger partial charge in [-0.15, -0.1) is 0 Å². The van der Waals surface area contributed by atoms with E-state index in [1.165, 1.54) is 0 Å². The number of aliphatic carboxylic acids is 2. The van der Waals surface area contributed by atoms with Gasteiger partial charge in [-0.1, -0.05) is 27.7 Å². The molecule has 4 atom stereocenters. The van der Waals surface area contributed by atoms with Crippen molar-refractivity contribution in [3.8, 4) is 0 Å². The molecule has 1 fully saturated rings. The standard InChI is InChI=1S/C21H36N4O7/c1-11(2)10-15(24-18(28)13-6-5-9-22-13)19(29)25-17(12(3)4)20(30)23-14(21(31)32)7-8-16(26)27/h11-15,17,22H,5-10H2,1-4H3,(H,23,30)(H,24,28)(H,25,29)(H,26,27)(H,31,32). The molecule has 6 N–H and O–H groups in total. The SMILES string of the molecule is CC(C)CC(NC(=O)C1CCCN1)C(=O)NC(C(=O)NC(CCC(=O)O)C(=O)O)C(C)C. The molecular formula is C21H36N4O7. The molecule has 0 spiro atoms. The molecule has 1 rings (SSSR count). The van der Waals surface area contributed by atoms with Gasteiger partial charge in [-0.05, 0) is 44.1 Å². The minimum atomic E-state index is -1.39. The van der Waals surface area contributed by atoms with Crippen LogP contribution in [-0.4, -0.2) is 70.6 Å². The predicted octanol–water partition coefficient (Wildman–Crippen LogP) is -0.156. The Hall–Kier alpha value is -2.69. The average Bonchev–Trinajstić information content (AvgIpc) is 3.22. The Bertz CT molecular complexity index is 690. The van der Waals surface area contributed by atoms with Crippen molar-refractivity contribution in [3.05, 3.63) is 0 Å². The van der Waals surface area contributed by atoms with Gasteiger partial charge >= 0.3 is 11.9 Å². The highest BCUT2D eigenvalue weighted by atomic mass is 16.4. The van der Waals surface area contributed by atoms with E-state index < -0.39 is 48.3 Å². The van der Waals surface area contributed by atoms with Crippen molar-refractivity contribution in [2.45, 2.75) is 84.0 Å². The largest absolute Gasteiger partial charge is 0.481 e. The number of carboxylic acids is 2. The normalized spacial score (nSPS) is 18.6. The first-order valence-electron chi connectivity index (χ1n) is 11.0. The Kier molecular flexibility index (Phi) is 11.1. The van der Waals surface area contributed by atoms with Crippen molar-refractivity contribution in [2.24, 2.45) is 11.8 Å². The number of carbonyl (C=O) groups is 5. The summed E-state index contributed by atoms with van der Waals surface area (Å²) in [6.07, 6.45) is 1.23. The van der Waals surface area contributed by atoms with Crippen LogP contribution in [0.5, 0.6) is 0 Å². The maximum atomic E-state index is 13.0. The second kappa shape index (κ2) is 13.0. The third-order valence-corrected chi connectivity index (χ3v) is 5.23. The molecule has 0 bridgehead atoms. The summed E-state index contributed by atoms with van der Waals surface area (Å²) >= 11 is 0. The Morgan fingerprint density at radius 3 is 2.06 bits per heavy atom. The Morgan fingerprint density at radius 2 is 1.59 bits per heavy atom. The number of amides is 3. The zero-order valence-electron chi connectivity index (χ0n) is 19.1. The molecule has 1 heterocycles. The van der Waals surface area contributed by atoms with Gasteiger partial charge in [0.25, 0.3) is 0 Å². The summed E-state index contributed by atoms with van der Waals surface area (Å²) in [5.74, 6) is -4.34. The summed E-state index contributed by atoms with van der Waals surface area (Å²) in [6, 6.07) is -3.64. The number of hydrogen-bond acceptors (Lipinski definition) is 6. The summed E-state index contributed by atoms with van der Waals surface area (Å²) in [4.78, 5) is 60.3. The van der Waals surface area contributed by atoms with Gasteiger partial charge < -0.3 is 31.5 Å². The van der Waals surface area contributed by atoms with E-state index in [2.05, 4.69) is 21.3 Å². The lowest BCUT2D eigenvalue weighted by atomic mass is 9.99. The van der Waals surface area contributed by atoms with E-state index in [4.69, 9.17) is 5.11 Å². The Balaban J connectivity index is 2.87. The van der Waals surface area contributed by atoms with Gasteiger partial charge in [0.1, 0.15) is 18.1 Å². The molecule has 0 aromatic carbocycles. The van der Waals surface area contributed by atoms with E-state index in [-0.39, 0.29) is 30.2 Å². The van der Waals surface area contributed by atoms with E-state index in [1.807, 2.05) is 13.8 Å². The number of hydrogen-bond donors (Lipinski definition) is 6. The van der Waals surface area contributed by atoms with Crippen LogP contribution in [0.1, 0.15) is 59.8 Å². The zero-order valence-corrected chi connectivity index (χ0v) is 19.1. The van der Waals surface area contributed by atoms with Crippen molar-refractivity contribution >= 4 is 29.7 Å². The van der Waals surface area contributed by atoms with Crippen molar-refractivity contribution in [2.75, 3.05) is 6.54 Å². The monoisotopic (exact) mass is 456 g/mol. The van der Waals surface area contributed by atoms with Crippen LogP contribution in [0.2, 0.25) is 0 Å². The molecule has 0 saturated carbocycles. The summed E-state index contributed by atoms with van der Waals surface area (Å²) in [5.41, 5.74) is 0. The smallest absolute Gasteiger partial charge is 0.326 e. The minimum Gasteiger partial charge on any atom is -0.481 e. The molecule has 0 aliphatic carbocycles. The van der Waals surface area contributed by atoms with Gasteiger partial charge in [-0.25, -0.2) is 4.79 Å². The first-order valence-corrected chi connectivity index (χ1v) is 11.0. The van der Waals surface area contributed by atoms with Crippen molar-refractivity contribution < 1.29 is 34.2 Å². The Morgan fingerprint density at radius 1 is 0.938 bits per heavy atom. The molecular weight excluding hydrogens is 420 g/mol. The maximum absolute atomic E-state index is 13.0. The van der Waals surface area contributed by atoms with Crippen LogP contribution >= 0.6 is 0 Å². The second-order valence-electron chi connectivity index (χ2n) is 8.90. The highest BCUT2D eigenvalue weighted by Crippen LogP contribution is 2.11. The number of carbonyl (C=O) groups excluding carboxylic acids is 3. The number of rotatable bonds is 13. The molecule has 4 unspecified atom stereocenters. The van der Waals surface area contributed by atoms with Gasteiger partial charge in [0.2, 0.25) is 17.7 Å². The van der Waals surface area contributed by atoms with Crippen LogP contribution in [0.25, 0.3) is 0 Å². The first kappa shape index (κ1) is 27.3. The lowest BCUT2D eigenvalue weighted by Crippen LogP contribution is -2.58. The molecule has 0 radical (unpaired) electrons. The molecule has 11 nitrogen and oxygen atoms in total. The number of carboxylic acid groups (broad SMARTS) is 2. The molecule has 1 aliphatic rings. The molecule has 0 aromatic rings. The van der Waals surface area contributed by atoms with E-state index >= 15 is 0 Å². The predicted molar refractivity (Wildman–Crippen MR) is 116 cm³/mol. The van der Waals surface area contributed by atoms with Gasteiger partial charge in [0.15, 0.2) is 0 Å². The summed E-state index contributed by atoms with van der Waals surface area (Å²) in [6.45, 7) is 7.94. The Labute approximate surface area is 188 Å². The van der Waals surface area contributed by atoms with Crippen LogP contribution < -0.4 is 21.3 Å². The summed E-state index contributed by atoms with van der Waals surface area (Å²) in [5, 5.41) is 28.8. The topological polar surface area (TPSA) is 174 Å². The average molecular weight is 457 g/mol. The zero-order chi connectivity index (χ0) is 24.4. The van der Waals surface area contributed by atoms with E-state index in [9.17, 15) is 29.1 Å². The van der Waals surface area contributed by atoms with Crippen LogP contribution in [0.15, 0.2) is 0 Å². The highest BCUT2D eigenvalue weighted by Gasteiger charge is 2.33. The summed E-state index contributed by atoms with van der Waals surface area (Å²) in [7, 11) is 0. The third-order valence-electron chi connectivity index (χ3n) is 5.23.